The molecule has 1 saturated carbocycles. The fourth-order valence-electron chi connectivity index (χ4n) is 5.32. The van der Waals surface area contributed by atoms with E-state index in [4.69, 9.17) is 19.4 Å². The van der Waals surface area contributed by atoms with Crippen molar-refractivity contribution in [3.8, 4) is 22.2 Å². The molecule has 40 heavy (non-hydrogen) atoms. The van der Waals surface area contributed by atoms with Crippen LogP contribution in [0.25, 0.3) is 21.6 Å². The van der Waals surface area contributed by atoms with Crippen molar-refractivity contribution in [3.05, 3.63) is 47.5 Å². The van der Waals surface area contributed by atoms with Gasteiger partial charge >= 0.3 is 5.97 Å². The fourth-order valence-corrected chi connectivity index (χ4v) is 6.26. The molecule has 1 aromatic carbocycles. The third kappa shape index (κ3) is 6.30. The number of carboxylic acids is 1. The van der Waals surface area contributed by atoms with Crippen LogP contribution < -0.4 is 9.47 Å². The number of pyridine rings is 1. The summed E-state index contributed by atoms with van der Waals surface area (Å²) in [7, 11) is 3.38. The van der Waals surface area contributed by atoms with E-state index in [1.807, 2.05) is 36.6 Å². The molecule has 0 bridgehead atoms. The summed E-state index contributed by atoms with van der Waals surface area (Å²) >= 11 is 1.53. The smallest absolute Gasteiger partial charge is 0.307 e. The maximum absolute atomic E-state index is 13.3. The second-order valence-electron chi connectivity index (χ2n) is 10.8. The van der Waals surface area contributed by atoms with Gasteiger partial charge in [0, 0.05) is 36.0 Å². The quantitative estimate of drug-likeness (QED) is 0.198. The van der Waals surface area contributed by atoms with E-state index in [-0.39, 0.29) is 12.3 Å². The van der Waals surface area contributed by atoms with Gasteiger partial charge in [-0.25, -0.2) is 9.97 Å². The van der Waals surface area contributed by atoms with E-state index in [0.717, 1.165) is 52.2 Å². The van der Waals surface area contributed by atoms with Crippen molar-refractivity contribution < 1.29 is 24.2 Å². The van der Waals surface area contributed by atoms with Crippen molar-refractivity contribution in [1.29, 1.82) is 0 Å². The molecule has 3 atom stereocenters. The van der Waals surface area contributed by atoms with E-state index in [1.54, 1.807) is 19.1 Å². The predicted molar refractivity (Wildman–Crippen MR) is 158 cm³/mol. The lowest BCUT2D eigenvalue weighted by atomic mass is 9.95. The summed E-state index contributed by atoms with van der Waals surface area (Å²) in [5.74, 6) is -0.907. The zero-order chi connectivity index (χ0) is 29.0. The number of carboxylic acid groups (broad SMARTS) is 1. The molecule has 1 aliphatic rings. The number of ether oxygens (including phenoxy) is 2. The molecule has 214 valence electrons. The van der Waals surface area contributed by atoms with Crippen molar-refractivity contribution in [2.75, 3.05) is 20.7 Å². The number of allylic oxidation sites excluding steroid dienone is 1. The van der Waals surface area contributed by atoms with Crippen LogP contribution in [0.4, 0.5) is 0 Å². The van der Waals surface area contributed by atoms with E-state index < -0.39 is 23.9 Å². The number of carbonyl (C=O) groups excluding carboxylic acids is 1. The first-order chi connectivity index (χ1) is 19.1. The number of benzene rings is 1. The summed E-state index contributed by atoms with van der Waals surface area (Å²) in [6.45, 7) is 10.5. The molecule has 0 saturated heterocycles. The Morgan fingerprint density at radius 2 is 1.95 bits per heavy atom. The van der Waals surface area contributed by atoms with Gasteiger partial charge in [-0.05, 0) is 57.1 Å². The molecule has 1 fully saturated rings. The van der Waals surface area contributed by atoms with Gasteiger partial charge in [0.05, 0.1) is 30.2 Å². The molecule has 1 N–H and O–H groups in total. The number of aliphatic carboxylic acids is 1. The summed E-state index contributed by atoms with van der Waals surface area (Å²) in [6.07, 6.45) is 4.74. The molecule has 1 amide bonds. The van der Waals surface area contributed by atoms with Crippen LogP contribution in [0.1, 0.15) is 63.1 Å². The summed E-state index contributed by atoms with van der Waals surface area (Å²) in [4.78, 5) is 36.9. The lowest BCUT2D eigenvalue weighted by Crippen LogP contribution is -2.37. The largest absolute Gasteiger partial charge is 0.496 e. The number of thiazole rings is 1. The number of fused-ring (bicyclic) bond motifs is 1. The molecular weight excluding hydrogens is 526 g/mol. The Bertz CT molecular complexity index is 1380. The molecule has 1 aliphatic carbocycles. The van der Waals surface area contributed by atoms with Crippen molar-refractivity contribution >= 4 is 34.1 Å². The van der Waals surface area contributed by atoms with Gasteiger partial charge in [0.2, 0.25) is 5.91 Å². The minimum absolute atomic E-state index is 0.137. The zero-order valence-electron chi connectivity index (χ0n) is 24.0. The number of methoxy groups -OCH3 is 1. The van der Waals surface area contributed by atoms with Gasteiger partial charge in [0.1, 0.15) is 28.3 Å². The molecule has 1 unspecified atom stereocenters. The van der Waals surface area contributed by atoms with Crippen LogP contribution in [0.3, 0.4) is 0 Å². The van der Waals surface area contributed by atoms with E-state index in [9.17, 15) is 14.7 Å². The first kappa shape index (κ1) is 29.5. The Kier molecular flexibility index (Phi) is 9.45. The zero-order valence-corrected chi connectivity index (χ0v) is 24.8. The van der Waals surface area contributed by atoms with E-state index in [1.165, 1.54) is 11.3 Å². The highest BCUT2D eigenvalue weighted by Gasteiger charge is 2.45. The van der Waals surface area contributed by atoms with Crippen LogP contribution in [-0.4, -0.2) is 58.7 Å². The van der Waals surface area contributed by atoms with Crippen molar-refractivity contribution in [3.63, 3.8) is 0 Å². The second kappa shape index (κ2) is 12.8. The number of nitrogens with zero attached hydrogens (tertiary/aromatic N) is 3. The summed E-state index contributed by atoms with van der Waals surface area (Å²) in [5, 5.41) is 13.6. The Labute approximate surface area is 240 Å². The number of hydrogen-bond donors (Lipinski definition) is 1. The van der Waals surface area contributed by atoms with Gasteiger partial charge in [-0.2, -0.15) is 0 Å². The number of aromatic nitrogens is 2. The number of aryl methyl sites for hydroxylation is 1. The SMILES string of the molecule is C=CCCCCN(C)C(=O)[C@@H]1C[C@H](Oc2cc(-c3nc(C(C)C)cs3)nc3c(C)c(OC)ccc23)CC1C(=O)O. The number of carbonyl (C=O) groups is 2. The van der Waals surface area contributed by atoms with Crippen LogP contribution >= 0.6 is 11.3 Å². The number of amides is 1. The predicted octanol–water partition coefficient (Wildman–Crippen LogP) is 6.47. The molecule has 8 nitrogen and oxygen atoms in total. The fraction of sp³-hybridized carbons (Fsp3) is 0.484. The van der Waals surface area contributed by atoms with Crippen LogP contribution in [0.15, 0.2) is 36.2 Å². The van der Waals surface area contributed by atoms with Crippen molar-refractivity contribution in [2.24, 2.45) is 11.8 Å². The monoisotopic (exact) mass is 565 g/mol. The van der Waals surface area contributed by atoms with Gasteiger partial charge < -0.3 is 19.5 Å². The number of rotatable bonds is 12. The van der Waals surface area contributed by atoms with Crippen molar-refractivity contribution in [1.82, 2.24) is 14.9 Å². The Morgan fingerprint density at radius 1 is 1.20 bits per heavy atom. The lowest BCUT2D eigenvalue weighted by molar-refractivity contribution is -0.148. The topological polar surface area (TPSA) is 102 Å². The van der Waals surface area contributed by atoms with E-state index in [2.05, 4.69) is 20.4 Å². The molecule has 9 heteroatoms. The molecule has 2 aromatic heterocycles. The van der Waals surface area contributed by atoms with Crippen LogP contribution in [0.2, 0.25) is 0 Å². The Balaban J connectivity index is 1.64. The summed E-state index contributed by atoms with van der Waals surface area (Å²) in [5.41, 5.74) is 3.32. The average molecular weight is 566 g/mol. The van der Waals surface area contributed by atoms with Gasteiger partial charge in [0.15, 0.2) is 0 Å². The highest BCUT2D eigenvalue weighted by atomic mass is 32.1. The van der Waals surface area contributed by atoms with Gasteiger partial charge in [0.25, 0.3) is 0 Å². The number of hydrogen-bond acceptors (Lipinski definition) is 7. The standard InChI is InChI=1S/C31H39N3O5S/c1-7-8-9-10-13-34(5)30(35)22-14-20(15-23(22)31(36)37)39-27-16-24(29-33-25(17-40-29)18(2)3)32-28-19(4)26(38-6)12-11-21(27)28/h7,11-12,16-18,20,22-23H,1,8-10,13-15H2,2-6H3,(H,36,37)/t20-,22+,23?/m0/s1. The first-order valence-corrected chi connectivity index (χ1v) is 14.7. The Hall–Kier alpha value is -3.46. The second-order valence-corrected chi connectivity index (χ2v) is 11.7. The lowest BCUT2D eigenvalue weighted by Gasteiger charge is -2.23. The van der Waals surface area contributed by atoms with Gasteiger partial charge in [-0.3, -0.25) is 9.59 Å². The molecule has 3 aromatic rings. The van der Waals surface area contributed by atoms with Gasteiger partial charge in [-0.15, -0.1) is 17.9 Å². The molecule has 0 aliphatic heterocycles. The summed E-state index contributed by atoms with van der Waals surface area (Å²) < 4.78 is 12.1. The minimum atomic E-state index is -0.964. The van der Waals surface area contributed by atoms with E-state index >= 15 is 0 Å². The average Bonchev–Trinajstić information content (AvgIpc) is 3.59. The molecule has 2 heterocycles. The molecule has 4 rings (SSSR count). The third-order valence-electron chi connectivity index (χ3n) is 7.67. The first-order valence-electron chi connectivity index (χ1n) is 13.8. The number of unbranched alkanes of at least 4 members (excludes halogenated alkanes) is 2. The third-order valence-corrected chi connectivity index (χ3v) is 8.56. The van der Waals surface area contributed by atoms with Crippen LogP contribution in [0, 0.1) is 18.8 Å². The maximum atomic E-state index is 13.3. The van der Waals surface area contributed by atoms with Crippen LogP contribution in [0.5, 0.6) is 11.5 Å². The molecule has 0 radical (unpaired) electrons. The summed E-state index contributed by atoms with van der Waals surface area (Å²) in [6, 6.07) is 5.68. The molecule has 0 spiro atoms. The maximum Gasteiger partial charge on any atom is 0.307 e. The van der Waals surface area contributed by atoms with Gasteiger partial charge in [-0.1, -0.05) is 19.9 Å². The van der Waals surface area contributed by atoms with Crippen molar-refractivity contribution in [2.45, 2.75) is 64.9 Å². The Morgan fingerprint density at radius 3 is 2.60 bits per heavy atom. The highest BCUT2D eigenvalue weighted by molar-refractivity contribution is 7.13. The highest BCUT2D eigenvalue weighted by Crippen LogP contribution is 2.40. The van der Waals surface area contributed by atoms with E-state index in [0.29, 0.717) is 30.3 Å². The normalized spacial score (nSPS) is 18.7. The van der Waals surface area contributed by atoms with Crippen LogP contribution in [-0.2, 0) is 9.59 Å². The molecular formula is C31H39N3O5S. The minimum Gasteiger partial charge on any atom is -0.496 e.